The molecule has 0 saturated carbocycles. The van der Waals surface area contributed by atoms with Crippen LogP contribution in [-0.2, 0) is 16.6 Å². The summed E-state index contributed by atoms with van der Waals surface area (Å²) in [4.78, 5) is 9.63. The highest BCUT2D eigenvalue weighted by Gasteiger charge is 2.25. The predicted molar refractivity (Wildman–Crippen MR) is 132 cm³/mol. The third-order valence-corrected chi connectivity index (χ3v) is 6.38. The lowest BCUT2D eigenvalue weighted by Gasteiger charge is -2.24. The molecule has 1 fully saturated rings. The van der Waals surface area contributed by atoms with Crippen LogP contribution in [0.25, 0.3) is 0 Å². The molecule has 2 atom stereocenters. The van der Waals surface area contributed by atoms with Gasteiger partial charge in [0.1, 0.15) is 0 Å². The molecule has 7 heteroatoms. The number of hydrogen-bond donors (Lipinski definition) is 1. The fourth-order valence-corrected chi connectivity index (χ4v) is 4.54. The van der Waals surface area contributed by atoms with Crippen molar-refractivity contribution in [2.75, 3.05) is 51.6 Å². The minimum atomic E-state index is -0.870. The molecule has 1 saturated heterocycles. The van der Waals surface area contributed by atoms with Crippen LogP contribution in [0.1, 0.15) is 32.8 Å². The Morgan fingerprint density at radius 1 is 1.25 bits per heavy atom. The molecule has 0 aromatic heterocycles. The monoisotopic (exact) mass is 520 g/mol. The van der Waals surface area contributed by atoms with E-state index in [0.717, 1.165) is 44.2 Å². The Morgan fingerprint density at radius 2 is 1.96 bits per heavy atom. The van der Waals surface area contributed by atoms with Crippen LogP contribution >= 0.6 is 24.0 Å². The molecule has 28 heavy (non-hydrogen) atoms. The van der Waals surface area contributed by atoms with Gasteiger partial charge >= 0.3 is 0 Å². The zero-order chi connectivity index (χ0) is 19.5. The van der Waals surface area contributed by atoms with E-state index >= 15 is 0 Å². The second kappa shape index (κ2) is 14.3. The van der Waals surface area contributed by atoms with Crippen LogP contribution in [0.2, 0.25) is 0 Å². The predicted octanol–water partition coefficient (Wildman–Crippen LogP) is 3.18. The molecule has 2 rings (SSSR count). The summed E-state index contributed by atoms with van der Waals surface area (Å²) in [6.45, 7) is 13.6. The number of rotatable bonds is 10. The summed E-state index contributed by atoms with van der Waals surface area (Å²) in [7, 11) is -0.870. The molecule has 0 radical (unpaired) electrons. The first-order valence-corrected chi connectivity index (χ1v) is 11.8. The van der Waals surface area contributed by atoms with E-state index in [-0.39, 0.29) is 24.0 Å². The van der Waals surface area contributed by atoms with E-state index in [1.54, 1.807) is 0 Å². The zero-order valence-corrected chi connectivity index (χ0v) is 20.7. The molecule has 1 aliphatic rings. The average molecular weight is 521 g/mol. The van der Waals surface area contributed by atoms with Gasteiger partial charge in [-0.1, -0.05) is 44.2 Å². The largest absolute Gasteiger partial charge is 0.357 e. The summed E-state index contributed by atoms with van der Waals surface area (Å²) >= 11 is 0. The van der Waals surface area contributed by atoms with Gasteiger partial charge in [0.2, 0.25) is 0 Å². The van der Waals surface area contributed by atoms with Crippen LogP contribution in [-0.4, -0.2) is 71.5 Å². The van der Waals surface area contributed by atoms with Crippen LogP contribution in [0.5, 0.6) is 0 Å². The quantitative estimate of drug-likeness (QED) is 0.293. The van der Waals surface area contributed by atoms with Crippen molar-refractivity contribution >= 4 is 40.7 Å². The Kier molecular flexibility index (Phi) is 13.0. The van der Waals surface area contributed by atoms with E-state index < -0.39 is 10.8 Å². The van der Waals surface area contributed by atoms with E-state index in [1.807, 2.05) is 30.3 Å². The molecule has 1 aromatic rings. The van der Waals surface area contributed by atoms with E-state index in [0.29, 0.717) is 24.0 Å². The molecule has 0 bridgehead atoms. The molecule has 160 valence electrons. The van der Waals surface area contributed by atoms with Gasteiger partial charge in [0.05, 0.1) is 6.54 Å². The molecule has 1 heterocycles. The number of benzene rings is 1. The standard InChI is InChI=1S/C21H36N4OS.HI/c1-4-22-21(25-14-12-20(17-25)16-24(5-2)6-3)23-13-15-27(26)18-19-10-8-7-9-11-19;/h7-11,20H,4-6,12-18H2,1-3H3,(H,22,23);1H. The van der Waals surface area contributed by atoms with Gasteiger partial charge in [0, 0.05) is 48.5 Å². The second-order valence-corrected chi connectivity index (χ2v) is 8.67. The summed E-state index contributed by atoms with van der Waals surface area (Å²) in [6.07, 6.45) is 1.22. The first-order chi connectivity index (χ1) is 13.2. The molecule has 0 amide bonds. The van der Waals surface area contributed by atoms with Gasteiger partial charge in [-0.05, 0) is 37.9 Å². The lowest BCUT2D eigenvalue weighted by Crippen LogP contribution is -2.41. The molecule has 2 unspecified atom stereocenters. The second-order valence-electron chi connectivity index (χ2n) is 7.10. The summed E-state index contributed by atoms with van der Waals surface area (Å²) < 4.78 is 12.3. The SMILES string of the molecule is CCNC(=NCCS(=O)Cc1ccccc1)N1CCC(CN(CC)CC)C1.I. The van der Waals surface area contributed by atoms with Crippen molar-refractivity contribution in [1.82, 2.24) is 15.1 Å². The highest BCUT2D eigenvalue weighted by Crippen LogP contribution is 2.17. The van der Waals surface area contributed by atoms with Crippen molar-refractivity contribution in [2.24, 2.45) is 10.9 Å². The van der Waals surface area contributed by atoms with Gasteiger partial charge in [-0.25, -0.2) is 0 Å². The average Bonchev–Trinajstić information content (AvgIpc) is 3.14. The van der Waals surface area contributed by atoms with Gasteiger partial charge < -0.3 is 15.1 Å². The fraction of sp³-hybridized carbons (Fsp3) is 0.667. The van der Waals surface area contributed by atoms with Gasteiger partial charge in [-0.3, -0.25) is 9.20 Å². The van der Waals surface area contributed by atoms with Crippen molar-refractivity contribution < 1.29 is 4.21 Å². The Bertz CT molecular complexity index is 595. The Hall–Kier alpha value is -0.670. The van der Waals surface area contributed by atoms with E-state index in [9.17, 15) is 4.21 Å². The third-order valence-electron chi connectivity index (χ3n) is 5.08. The summed E-state index contributed by atoms with van der Waals surface area (Å²) in [5.41, 5.74) is 1.13. The summed E-state index contributed by atoms with van der Waals surface area (Å²) in [6, 6.07) is 10.0. The number of halogens is 1. The number of likely N-dealkylation sites (tertiary alicyclic amines) is 1. The van der Waals surface area contributed by atoms with Crippen LogP contribution in [0.15, 0.2) is 35.3 Å². The highest BCUT2D eigenvalue weighted by molar-refractivity contribution is 14.0. The number of nitrogens with zero attached hydrogens (tertiary/aromatic N) is 3. The number of nitrogens with one attached hydrogen (secondary N) is 1. The first kappa shape index (κ1) is 25.4. The van der Waals surface area contributed by atoms with Crippen molar-refractivity contribution in [3.63, 3.8) is 0 Å². The number of hydrogen-bond acceptors (Lipinski definition) is 3. The van der Waals surface area contributed by atoms with Gasteiger partial charge in [-0.15, -0.1) is 24.0 Å². The Balaban J connectivity index is 0.00000392. The summed E-state index contributed by atoms with van der Waals surface area (Å²) in [5, 5.41) is 3.41. The van der Waals surface area contributed by atoms with Gasteiger partial charge in [-0.2, -0.15) is 0 Å². The maximum Gasteiger partial charge on any atom is 0.193 e. The molecule has 0 aliphatic carbocycles. The van der Waals surface area contributed by atoms with Crippen LogP contribution in [0, 0.1) is 5.92 Å². The number of aliphatic imine (C=N–C) groups is 1. The minimum absolute atomic E-state index is 0. The molecule has 5 nitrogen and oxygen atoms in total. The van der Waals surface area contributed by atoms with Crippen LogP contribution in [0.3, 0.4) is 0 Å². The van der Waals surface area contributed by atoms with E-state index in [1.165, 1.54) is 13.0 Å². The van der Waals surface area contributed by atoms with Crippen molar-refractivity contribution in [2.45, 2.75) is 32.9 Å². The molecular formula is C21H37IN4OS. The lowest BCUT2D eigenvalue weighted by atomic mass is 10.1. The smallest absolute Gasteiger partial charge is 0.193 e. The first-order valence-electron chi connectivity index (χ1n) is 10.3. The Labute approximate surface area is 190 Å². The fourth-order valence-electron chi connectivity index (χ4n) is 3.53. The lowest BCUT2D eigenvalue weighted by molar-refractivity contribution is 0.255. The maximum absolute atomic E-state index is 12.3. The molecule has 1 aromatic carbocycles. The van der Waals surface area contributed by atoms with E-state index in [2.05, 4.69) is 35.9 Å². The summed E-state index contributed by atoms with van der Waals surface area (Å²) in [5.74, 6) is 2.92. The molecular weight excluding hydrogens is 483 g/mol. The molecule has 1 N–H and O–H groups in total. The van der Waals surface area contributed by atoms with Crippen LogP contribution in [0.4, 0.5) is 0 Å². The highest BCUT2D eigenvalue weighted by atomic mass is 127. The zero-order valence-electron chi connectivity index (χ0n) is 17.6. The van der Waals surface area contributed by atoms with Crippen LogP contribution < -0.4 is 5.32 Å². The topological polar surface area (TPSA) is 47.9 Å². The normalized spacial score (nSPS) is 18.2. The minimum Gasteiger partial charge on any atom is -0.357 e. The maximum atomic E-state index is 12.3. The third kappa shape index (κ3) is 8.78. The molecule has 1 aliphatic heterocycles. The van der Waals surface area contributed by atoms with E-state index in [4.69, 9.17) is 4.99 Å². The van der Waals surface area contributed by atoms with Gasteiger partial charge in [0.15, 0.2) is 5.96 Å². The van der Waals surface area contributed by atoms with Crippen molar-refractivity contribution in [3.05, 3.63) is 35.9 Å². The van der Waals surface area contributed by atoms with Crippen molar-refractivity contribution in [1.29, 1.82) is 0 Å². The Morgan fingerprint density at radius 3 is 2.61 bits per heavy atom. The van der Waals surface area contributed by atoms with Crippen molar-refractivity contribution in [3.8, 4) is 0 Å². The van der Waals surface area contributed by atoms with Gasteiger partial charge in [0.25, 0.3) is 0 Å². The number of guanidine groups is 1. The molecule has 0 spiro atoms.